The van der Waals surface area contributed by atoms with Gasteiger partial charge in [-0.1, -0.05) is 0 Å². The molecule has 180 valence electrons. The van der Waals surface area contributed by atoms with E-state index in [-0.39, 0.29) is 0 Å². The molecule has 0 aromatic heterocycles. The predicted octanol–water partition coefficient (Wildman–Crippen LogP) is -3.80. The van der Waals surface area contributed by atoms with Crippen LogP contribution in [0, 0.1) is 0 Å². The first-order valence-electron chi connectivity index (χ1n) is 9.82. The van der Waals surface area contributed by atoms with E-state index < -0.39 is 86.3 Å². The molecule has 4 unspecified atom stereocenters. The molecular weight excluding hydrogens is 420 g/mol. The number of ether oxygens (including phenoxy) is 5. The monoisotopic (exact) mass is 452 g/mol. The molecule has 31 heavy (non-hydrogen) atoms. The van der Waals surface area contributed by atoms with Crippen molar-refractivity contribution in [3.8, 4) is 0 Å². The van der Waals surface area contributed by atoms with Gasteiger partial charge in [0.05, 0.1) is 13.2 Å². The number of hydrogen-bond acceptors (Lipinski definition) is 11. The van der Waals surface area contributed by atoms with Crippen molar-refractivity contribution in [2.24, 2.45) is 0 Å². The smallest absolute Gasteiger partial charge is 0.217 e. The Bertz CT molecular complexity index is 609. The average molecular weight is 452 g/mol. The van der Waals surface area contributed by atoms with Crippen LogP contribution in [0.5, 0.6) is 0 Å². The van der Waals surface area contributed by atoms with Gasteiger partial charge in [-0.3, -0.25) is 9.59 Å². The summed E-state index contributed by atoms with van der Waals surface area (Å²) < 4.78 is 27.5. The normalized spacial score (nSPS) is 40.9. The second-order valence-electron chi connectivity index (χ2n) is 7.42. The van der Waals surface area contributed by atoms with E-state index in [9.17, 15) is 30.0 Å². The summed E-state index contributed by atoms with van der Waals surface area (Å²) in [4.78, 5) is 23.2. The number of rotatable bonds is 8. The van der Waals surface area contributed by atoms with E-state index in [1.54, 1.807) is 0 Å². The average Bonchev–Trinajstić information content (AvgIpc) is 2.72. The molecular formula is C18H32N2O11. The summed E-state index contributed by atoms with van der Waals surface area (Å²) >= 11 is 0. The summed E-state index contributed by atoms with van der Waals surface area (Å²) in [5, 5.41) is 46.0. The zero-order chi connectivity index (χ0) is 23.3. The zero-order valence-electron chi connectivity index (χ0n) is 17.8. The van der Waals surface area contributed by atoms with E-state index in [1.807, 2.05) is 0 Å². The van der Waals surface area contributed by atoms with Gasteiger partial charge in [-0.2, -0.15) is 0 Å². The lowest BCUT2D eigenvalue weighted by Crippen LogP contribution is -2.69. The van der Waals surface area contributed by atoms with Gasteiger partial charge in [-0.05, 0) is 0 Å². The van der Waals surface area contributed by atoms with Gasteiger partial charge in [0.1, 0.15) is 48.7 Å². The molecule has 2 heterocycles. The number of methoxy groups -OCH3 is 2. The number of nitrogens with one attached hydrogen (secondary N) is 2. The number of aliphatic hydroxyl groups excluding tert-OH is 4. The van der Waals surface area contributed by atoms with Crippen molar-refractivity contribution in [3.05, 3.63) is 0 Å². The van der Waals surface area contributed by atoms with Crippen LogP contribution in [0.4, 0.5) is 0 Å². The summed E-state index contributed by atoms with van der Waals surface area (Å²) in [5.74, 6) is -0.951. The minimum atomic E-state index is -1.41. The molecule has 2 saturated heterocycles. The highest BCUT2D eigenvalue weighted by molar-refractivity contribution is 5.73. The Labute approximate surface area is 179 Å². The summed E-state index contributed by atoms with van der Waals surface area (Å²) in [6.07, 6.45) is -9.45. The Hall–Kier alpha value is -1.42. The molecule has 0 aliphatic carbocycles. The first kappa shape index (κ1) is 25.8. The fourth-order valence-corrected chi connectivity index (χ4v) is 3.84. The quantitative estimate of drug-likeness (QED) is 0.212. The molecule has 0 aromatic carbocycles. The maximum atomic E-state index is 11.7. The SMILES string of the molecule is CO[C@@H]1OC(CO)C(O[C@@H]2O[C@@H](CO)[C@@H](OC)C(O)C2NC(C)=O)[C@@H](O)[C@@H]1NC(C)=O. The largest absolute Gasteiger partial charge is 0.394 e. The fraction of sp³-hybridized carbons (Fsp3) is 0.889. The third-order valence-corrected chi connectivity index (χ3v) is 5.24. The van der Waals surface area contributed by atoms with E-state index in [0.717, 1.165) is 0 Å². The first-order chi connectivity index (χ1) is 14.7. The van der Waals surface area contributed by atoms with Crippen LogP contribution >= 0.6 is 0 Å². The number of aliphatic hydroxyl groups is 4. The Morgan fingerprint density at radius 1 is 0.806 bits per heavy atom. The van der Waals surface area contributed by atoms with Crippen molar-refractivity contribution in [1.82, 2.24) is 10.6 Å². The van der Waals surface area contributed by atoms with Crippen LogP contribution < -0.4 is 10.6 Å². The van der Waals surface area contributed by atoms with Crippen LogP contribution in [0.3, 0.4) is 0 Å². The van der Waals surface area contributed by atoms with E-state index in [0.29, 0.717) is 0 Å². The van der Waals surface area contributed by atoms with Crippen LogP contribution in [0.15, 0.2) is 0 Å². The minimum Gasteiger partial charge on any atom is -0.394 e. The van der Waals surface area contributed by atoms with E-state index in [4.69, 9.17) is 23.7 Å². The number of amides is 2. The lowest BCUT2D eigenvalue weighted by molar-refractivity contribution is -0.331. The Balaban J connectivity index is 2.30. The highest BCUT2D eigenvalue weighted by atomic mass is 16.7. The maximum absolute atomic E-state index is 11.7. The second-order valence-corrected chi connectivity index (χ2v) is 7.42. The van der Waals surface area contributed by atoms with Crippen molar-refractivity contribution in [1.29, 1.82) is 0 Å². The van der Waals surface area contributed by atoms with Crippen LogP contribution in [-0.2, 0) is 33.3 Å². The highest BCUT2D eigenvalue weighted by Gasteiger charge is 2.52. The van der Waals surface area contributed by atoms with Gasteiger partial charge in [0.25, 0.3) is 0 Å². The van der Waals surface area contributed by atoms with E-state index in [1.165, 1.54) is 28.1 Å². The van der Waals surface area contributed by atoms with Gasteiger partial charge >= 0.3 is 0 Å². The van der Waals surface area contributed by atoms with Crippen molar-refractivity contribution >= 4 is 11.8 Å². The predicted molar refractivity (Wildman–Crippen MR) is 101 cm³/mol. The summed E-state index contributed by atoms with van der Waals surface area (Å²) in [5.41, 5.74) is 0. The number of carbonyl (C=O) groups is 2. The molecule has 0 radical (unpaired) electrons. The lowest BCUT2D eigenvalue weighted by atomic mass is 9.94. The van der Waals surface area contributed by atoms with Gasteiger partial charge in [0.15, 0.2) is 12.6 Å². The van der Waals surface area contributed by atoms with Crippen LogP contribution in [0.1, 0.15) is 13.8 Å². The van der Waals surface area contributed by atoms with Crippen molar-refractivity contribution in [2.75, 3.05) is 27.4 Å². The third-order valence-electron chi connectivity index (χ3n) is 5.24. The second kappa shape index (κ2) is 11.4. The van der Waals surface area contributed by atoms with Crippen LogP contribution in [0.25, 0.3) is 0 Å². The van der Waals surface area contributed by atoms with Crippen LogP contribution in [-0.4, -0.2) is 121 Å². The van der Waals surface area contributed by atoms with Crippen LogP contribution in [0.2, 0.25) is 0 Å². The summed E-state index contributed by atoms with van der Waals surface area (Å²) in [7, 11) is 2.63. The highest BCUT2D eigenvalue weighted by Crippen LogP contribution is 2.30. The van der Waals surface area contributed by atoms with E-state index >= 15 is 0 Å². The Kier molecular flexibility index (Phi) is 9.54. The molecule has 2 fully saturated rings. The standard InChI is InChI=1S/C18H32N2O11/c1-7(23)19-11-14(26)16(10(6-22)29-17(11)28-4)31-18-12(20-8(2)24)13(25)15(27-3)9(5-21)30-18/h9-18,21-22,25-26H,5-6H2,1-4H3,(H,19,23)(H,20,24)/t9-,10?,11-,12?,13?,14-,15+,16?,17+,18-/m0/s1. The molecule has 0 spiro atoms. The zero-order valence-corrected chi connectivity index (χ0v) is 17.8. The number of carbonyl (C=O) groups excluding carboxylic acids is 2. The molecule has 10 atom stereocenters. The fourth-order valence-electron chi connectivity index (χ4n) is 3.84. The molecule has 0 bridgehead atoms. The molecule has 0 saturated carbocycles. The third kappa shape index (κ3) is 5.88. The van der Waals surface area contributed by atoms with Crippen molar-refractivity contribution < 1.29 is 53.7 Å². The topological polar surface area (TPSA) is 185 Å². The molecule has 13 nitrogen and oxygen atoms in total. The Morgan fingerprint density at radius 2 is 1.26 bits per heavy atom. The first-order valence-corrected chi connectivity index (χ1v) is 9.82. The molecule has 6 N–H and O–H groups in total. The summed E-state index contributed by atoms with van der Waals surface area (Å²) in [6, 6.07) is -2.17. The maximum Gasteiger partial charge on any atom is 0.217 e. The van der Waals surface area contributed by atoms with Crippen molar-refractivity contribution in [3.63, 3.8) is 0 Å². The summed E-state index contributed by atoms with van der Waals surface area (Å²) in [6.45, 7) is 1.39. The lowest BCUT2D eigenvalue weighted by Gasteiger charge is -2.48. The molecule has 13 heteroatoms. The van der Waals surface area contributed by atoms with Gasteiger partial charge in [0.2, 0.25) is 11.8 Å². The molecule has 2 rings (SSSR count). The molecule has 2 amide bonds. The van der Waals surface area contributed by atoms with Gasteiger partial charge in [0, 0.05) is 28.1 Å². The number of hydrogen-bond donors (Lipinski definition) is 6. The molecule has 2 aliphatic heterocycles. The molecule has 2 aliphatic rings. The van der Waals surface area contributed by atoms with Crippen molar-refractivity contribution in [2.45, 2.75) is 75.1 Å². The minimum absolute atomic E-state index is 0.459. The van der Waals surface area contributed by atoms with Gasteiger partial charge in [-0.15, -0.1) is 0 Å². The molecule has 0 aromatic rings. The van der Waals surface area contributed by atoms with E-state index in [2.05, 4.69) is 10.6 Å². The van der Waals surface area contributed by atoms with Gasteiger partial charge < -0.3 is 54.7 Å². The Morgan fingerprint density at radius 3 is 1.71 bits per heavy atom. The van der Waals surface area contributed by atoms with Gasteiger partial charge in [-0.25, -0.2) is 0 Å².